The van der Waals surface area contributed by atoms with Crippen molar-refractivity contribution in [3.05, 3.63) is 22.4 Å². The number of Topliss-reactive ketones (excluding diaryl/α,β-unsaturated/α-hetero) is 1. The quantitative estimate of drug-likeness (QED) is 0.651. The first kappa shape index (κ1) is 7.99. The Morgan fingerprint density at radius 3 is 3.00 bits per heavy atom. The SMILES string of the molecule is O=C(CCC1CC1)c1ccsc1. The fourth-order valence-electron chi connectivity index (χ4n) is 1.31. The molecule has 0 bridgehead atoms. The lowest BCUT2D eigenvalue weighted by atomic mass is 10.1. The van der Waals surface area contributed by atoms with E-state index in [2.05, 4.69) is 0 Å². The van der Waals surface area contributed by atoms with Crippen LogP contribution in [0, 0.1) is 5.92 Å². The van der Waals surface area contributed by atoms with E-state index in [1.165, 1.54) is 12.8 Å². The van der Waals surface area contributed by atoms with Crippen LogP contribution in [0.2, 0.25) is 0 Å². The third-order valence-electron chi connectivity index (χ3n) is 2.32. The zero-order valence-corrected chi connectivity index (χ0v) is 7.77. The summed E-state index contributed by atoms with van der Waals surface area (Å²) in [6.07, 6.45) is 4.55. The molecule has 1 nitrogen and oxygen atoms in total. The molecule has 1 aromatic rings. The van der Waals surface area contributed by atoms with Crippen LogP contribution < -0.4 is 0 Å². The van der Waals surface area contributed by atoms with Gasteiger partial charge in [0.25, 0.3) is 0 Å². The van der Waals surface area contributed by atoms with Crippen LogP contribution in [0.4, 0.5) is 0 Å². The molecule has 1 aliphatic rings. The molecule has 2 heteroatoms. The van der Waals surface area contributed by atoms with Gasteiger partial charge in [0.2, 0.25) is 0 Å². The van der Waals surface area contributed by atoms with Crippen LogP contribution in [0.15, 0.2) is 16.8 Å². The van der Waals surface area contributed by atoms with E-state index < -0.39 is 0 Å². The lowest BCUT2D eigenvalue weighted by Crippen LogP contribution is -1.96. The maximum Gasteiger partial charge on any atom is 0.163 e. The van der Waals surface area contributed by atoms with Gasteiger partial charge in [-0.05, 0) is 23.8 Å². The van der Waals surface area contributed by atoms with Crippen molar-refractivity contribution in [2.24, 2.45) is 5.92 Å². The van der Waals surface area contributed by atoms with Crippen LogP contribution in [0.5, 0.6) is 0 Å². The number of rotatable bonds is 4. The average Bonchev–Trinajstić information content (AvgIpc) is 2.74. The van der Waals surface area contributed by atoms with E-state index in [1.807, 2.05) is 16.8 Å². The van der Waals surface area contributed by atoms with Crippen molar-refractivity contribution in [1.29, 1.82) is 0 Å². The second kappa shape index (κ2) is 3.40. The van der Waals surface area contributed by atoms with Gasteiger partial charge in [-0.25, -0.2) is 0 Å². The molecule has 0 N–H and O–H groups in total. The highest BCUT2D eigenvalue weighted by molar-refractivity contribution is 7.08. The van der Waals surface area contributed by atoms with E-state index in [-0.39, 0.29) is 0 Å². The van der Waals surface area contributed by atoms with Crippen LogP contribution >= 0.6 is 11.3 Å². The molecule has 0 amide bonds. The Labute approximate surface area is 76.4 Å². The summed E-state index contributed by atoms with van der Waals surface area (Å²) in [7, 11) is 0. The standard InChI is InChI=1S/C10H12OS/c11-10(4-3-8-1-2-8)9-5-6-12-7-9/h5-8H,1-4H2. The molecule has 0 radical (unpaired) electrons. The molecule has 12 heavy (non-hydrogen) atoms. The van der Waals surface area contributed by atoms with Crippen molar-refractivity contribution >= 4 is 17.1 Å². The topological polar surface area (TPSA) is 17.1 Å². The fraction of sp³-hybridized carbons (Fsp3) is 0.500. The first-order valence-corrected chi connectivity index (χ1v) is 5.36. The number of ketones is 1. The second-order valence-corrected chi connectivity index (χ2v) is 4.20. The Balaban J connectivity index is 1.83. The molecule has 0 aliphatic heterocycles. The molecular formula is C10H12OS. The fourth-order valence-corrected chi connectivity index (χ4v) is 1.97. The highest BCUT2D eigenvalue weighted by atomic mass is 32.1. The third-order valence-corrected chi connectivity index (χ3v) is 3.00. The van der Waals surface area contributed by atoms with Gasteiger partial charge in [0.05, 0.1) is 0 Å². The van der Waals surface area contributed by atoms with Gasteiger partial charge in [-0.2, -0.15) is 11.3 Å². The molecule has 0 atom stereocenters. The molecule has 64 valence electrons. The van der Waals surface area contributed by atoms with Crippen molar-refractivity contribution in [3.63, 3.8) is 0 Å². The third kappa shape index (κ3) is 1.95. The monoisotopic (exact) mass is 180 g/mol. The van der Waals surface area contributed by atoms with Crippen molar-refractivity contribution in [3.8, 4) is 0 Å². The van der Waals surface area contributed by atoms with Gasteiger partial charge in [0.1, 0.15) is 0 Å². The van der Waals surface area contributed by atoms with E-state index in [0.29, 0.717) is 5.78 Å². The van der Waals surface area contributed by atoms with Crippen molar-refractivity contribution < 1.29 is 4.79 Å². The summed E-state index contributed by atoms with van der Waals surface area (Å²) in [6.45, 7) is 0. The van der Waals surface area contributed by atoms with E-state index in [0.717, 1.165) is 24.3 Å². The first-order valence-electron chi connectivity index (χ1n) is 4.41. The van der Waals surface area contributed by atoms with Crippen molar-refractivity contribution in [2.45, 2.75) is 25.7 Å². The van der Waals surface area contributed by atoms with E-state index >= 15 is 0 Å². The normalized spacial score (nSPS) is 16.3. The molecule has 1 heterocycles. The molecule has 2 rings (SSSR count). The molecule has 0 unspecified atom stereocenters. The summed E-state index contributed by atoms with van der Waals surface area (Å²) >= 11 is 1.60. The van der Waals surface area contributed by atoms with Crippen LogP contribution in [0.25, 0.3) is 0 Å². The van der Waals surface area contributed by atoms with Crippen LogP contribution in [0.1, 0.15) is 36.0 Å². The second-order valence-electron chi connectivity index (χ2n) is 3.42. The number of hydrogen-bond acceptors (Lipinski definition) is 2. The lowest BCUT2D eigenvalue weighted by Gasteiger charge is -1.95. The number of hydrogen-bond donors (Lipinski definition) is 0. The summed E-state index contributed by atoms with van der Waals surface area (Å²) in [4.78, 5) is 11.4. The maximum atomic E-state index is 11.4. The summed E-state index contributed by atoms with van der Waals surface area (Å²) in [6, 6.07) is 1.92. The largest absolute Gasteiger partial charge is 0.294 e. The van der Waals surface area contributed by atoms with Crippen LogP contribution in [-0.4, -0.2) is 5.78 Å². The van der Waals surface area contributed by atoms with Crippen LogP contribution in [-0.2, 0) is 0 Å². The summed E-state index contributed by atoms with van der Waals surface area (Å²) in [5, 5.41) is 3.90. The minimum absolute atomic E-state index is 0.322. The molecule has 0 saturated heterocycles. The smallest absolute Gasteiger partial charge is 0.163 e. The Kier molecular flexibility index (Phi) is 2.26. The molecule has 1 saturated carbocycles. The maximum absolute atomic E-state index is 11.4. The lowest BCUT2D eigenvalue weighted by molar-refractivity contribution is 0.0978. The molecule has 1 aliphatic carbocycles. The first-order chi connectivity index (χ1) is 5.86. The van der Waals surface area contributed by atoms with Gasteiger partial charge < -0.3 is 0 Å². The summed E-state index contributed by atoms with van der Waals surface area (Å²) < 4.78 is 0. The zero-order chi connectivity index (χ0) is 8.39. The zero-order valence-electron chi connectivity index (χ0n) is 6.95. The van der Waals surface area contributed by atoms with Gasteiger partial charge in [0.15, 0.2) is 5.78 Å². The molecule has 0 spiro atoms. The Morgan fingerprint density at radius 1 is 1.58 bits per heavy atom. The average molecular weight is 180 g/mol. The van der Waals surface area contributed by atoms with Crippen LogP contribution in [0.3, 0.4) is 0 Å². The van der Waals surface area contributed by atoms with E-state index in [1.54, 1.807) is 11.3 Å². The highest BCUT2D eigenvalue weighted by Gasteiger charge is 2.22. The summed E-state index contributed by atoms with van der Waals surface area (Å²) in [5.74, 6) is 1.19. The number of carbonyl (C=O) groups is 1. The predicted molar refractivity (Wildman–Crippen MR) is 50.6 cm³/mol. The van der Waals surface area contributed by atoms with Gasteiger partial charge in [-0.3, -0.25) is 4.79 Å². The minimum Gasteiger partial charge on any atom is -0.294 e. The Bertz CT molecular complexity index is 259. The van der Waals surface area contributed by atoms with Gasteiger partial charge >= 0.3 is 0 Å². The highest BCUT2D eigenvalue weighted by Crippen LogP contribution is 2.33. The number of carbonyl (C=O) groups excluding carboxylic acids is 1. The van der Waals surface area contributed by atoms with E-state index in [9.17, 15) is 4.79 Å². The number of thiophene rings is 1. The molecule has 1 fully saturated rings. The molecule has 1 aromatic heterocycles. The molecule has 0 aromatic carbocycles. The van der Waals surface area contributed by atoms with Gasteiger partial charge in [-0.1, -0.05) is 12.8 Å². The Morgan fingerprint density at radius 2 is 2.42 bits per heavy atom. The van der Waals surface area contributed by atoms with Gasteiger partial charge in [-0.15, -0.1) is 0 Å². The Hall–Kier alpha value is -0.630. The van der Waals surface area contributed by atoms with Gasteiger partial charge in [0, 0.05) is 17.4 Å². The van der Waals surface area contributed by atoms with Crippen molar-refractivity contribution in [2.75, 3.05) is 0 Å². The predicted octanol–water partition coefficient (Wildman–Crippen LogP) is 3.12. The minimum atomic E-state index is 0.322. The summed E-state index contributed by atoms with van der Waals surface area (Å²) in [5.41, 5.74) is 0.903. The van der Waals surface area contributed by atoms with Crippen molar-refractivity contribution in [1.82, 2.24) is 0 Å². The molecular weight excluding hydrogens is 168 g/mol. The van der Waals surface area contributed by atoms with E-state index in [4.69, 9.17) is 0 Å².